The highest BCUT2D eigenvalue weighted by Gasteiger charge is 2.73. The summed E-state index contributed by atoms with van der Waals surface area (Å²) in [6.45, 7) is 10.3. The minimum atomic E-state index is 0.318. The number of carbonyl (C=O) groups excluding carboxylic acids is 2. The molecule has 7 atom stereocenters. The molecule has 0 saturated heterocycles. The van der Waals surface area contributed by atoms with Crippen LogP contribution in [0.4, 0.5) is 0 Å². The van der Waals surface area contributed by atoms with Gasteiger partial charge in [-0.2, -0.15) is 0 Å². The van der Waals surface area contributed by atoms with Crippen LogP contribution in [0.25, 0.3) is 0 Å². The molecular weight excluding hydrogens is 416 g/mol. The summed E-state index contributed by atoms with van der Waals surface area (Å²) >= 11 is 0. The van der Waals surface area contributed by atoms with Gasteiger partial charge in [0.05, 0.1) is 0 Å². The van der Waals surface area contributed by atoms with Gasteiger partial charge >= 0.3 is 0 Å². The highest BCUT2D eigenvalue weighted by atomic mass is 16.1. The molecule has 0 aromatic rings. The van der Waals surface area contributed by atoms with Crippen molar-refractivity contribution in [2.75, 3.05) is 0 Å². The third-order valence-corrected chi connectivity index (χ3v) is 10.7. The Kier molecular flexibility index (Phi) is 10.3. The maximum absolute atomic E-state index is 11.5. The van der Waals surface area contributed by atoms with E-state index in [1.54, 1.807) is 13.8 Å². The summed E-state index contributed by atoms with van der Waals surface area (Å²) < 4.78 is 0. The molecule has 0 radical (unpaired) electrons. The first kappa shape index (κ1) is 27.9. The van der Waals surface area contributed by atoms with Crippen molar-refractivity contribution < 1.29 is 9.59 Å². The highest BCUT2D eigenvalue weighted by molar-refractivity contribution is 5.77. The maximum Gasteiger partial charge on any atom is 0.130 e. The summed E-state index contributed by atoms with van der Waals surface area (Å²) in [5, 5.41) is 0. The van der Waals surface area contributed by atoms with Crippen LogP contribution < -0.4 is 0 Å². The SMILES string of the molecule is CC(=O)CC12CC3CC4CC(C1)C2(C4)C3.CCCCC1CCCCC1C.CCCCCC(C)=O. The second-order valence-corrected chi connectivity index (χ2v) is 13.4. The second kappa shape index (κ2) is 12.5. The molecule has 5 aliphatic rings. The summed E-state index contributed by atoms with van der Waals surface area (Å²) in [7, 11) is 0. The van der Waals surface area contributed by atoms with Crippen LogP contribution in [-0.4, -0.2) is 11.6 Å². The lowest BCUT2D eigenvalue weighted by atomic mass is 9.45. The molecule has 5 saturated carbocycles. The zero-order chi connectivity index (χ0) is 24.8. The molecule has 7 unspecified atom stereocenters. The Morgan fingerprint density at radius 1 is 0.794 bits per heavy atom. The number of fused-ring (bicyclic) bond motifs is 2. The van der Waals surface area contributed by atoms with Crippen LogP contribution in [0.15, 0.2) is 0 Å². The molecule has 0 N–H and O–H groups in total. The second-order valence-electron chi connectivity index (χ2n) is 13.4. The number of ketones is 2. The Morgan fingerprint density at radius 2 is 1.50 bits per heavy atom. The summed E-state index contributed by atoms with van der Waals surface area (Å²) in [5.41, 5.74) is 1.17. The molecule has 5 rings (SSSR count). The van der Waals surface area contributed by atoms with Crippen LogP contribution in [0.5, 0.6) is 0 Å². The Labute approximate surface area is 211 Å². The van der Waals surface area contributed by atoms with Gasteiger partial charge in [-0.05, 0) is 99.2 Å². The predicted octanol–water partition coefficient (Wildman–Crippen LogP) is 9.34. The molecule has 0 aromatic heterocycles. The minimum Gasteiger partial charge on any atom is -0.300 e. The third-order valence-electron chi connectivity index (χ3n) is 10.7. The first-order valence-corrected chi connectivity index (χ1v) is 15.2. The fourth-order valence-electron chi connectivity index (χ4n) is 9.28. The van der Waals surface area contributed by atoms with Crippen LogP contribution in [0.2, 0.25) is 0 Å². The highest BCUT2D eigenvalue weighted by Crippen LogP contribution is 2.82. The van der Waals surface area contributed by atoms with Crippen molar-refractivity contribution in [3.8, 4) is 0 Å². The average molecular weight is 473 g/mol. The minimum absolute atomic E-state index is 0.318. The smallest absolute Gasteiger partial charge is 0.130 e. The molecule has 3 bridgehead atoms. The fourth-order valence-corrected chi connectivity index (χ4v) is 9.28. The van der Waals surface area contributed by atoms with Crippen molar-refractivity contribution >= 4 is 11.6 Å². The van der Waals surface area contributed by atoms with E-state index in [1.165, 1.54) is 96.3 Å². The molecule has 0 heterocycles. The van der Waals surface area contributed by atoms with Crippen molar-refractivity contribution in [1.29, 1.82) is 0 Å². The van der Waals surface area contributed by atoms with Gasteiger partial charge in [-0.3, -0.25) is 0 Å². The number of hydrogen-bond donors (Lipinski definition) is 0. The molecule has 1 spiro atoms. The van der Waals surface area contributed by atoms with E-state index in [-0.39, 0.29) is 0 Å². The Balaban J connectivity index is 0.000000153. The van der Waals surface area contributed by atoms with E-state index in [0.29, 0.717) is 22.4 Å². The van der Waals surface area contributed by atoms with Crippen molar-refractivity contribution in [3.63, 3.8) is 0 Å². The molecule has 2 nitrogen and oxygen atoms in total. The van der Waals surface area contributed by atoms with Gasteiger partial charge in [-0.1, -0.05) is 78.6 Å². The van der Waals surface area contributed by atoms with E-state index in [1.807, 2.05) is 0 Å². The molecular formula is C32H56O2. The van der Waals surface area contributed by atoms with Gasteiger partial charge in [0.15, 0.2) is 0 Å². The lowest BCUT2D eigenvalue weighted by Crippen LogP contribution is -2.52. The first-order valence-electron chi connectivity index (χ1n) is 15.2. The number of unbranched alkanes of at least 4 members (excludes halogenated alkanes) is 3. The standard InChI is InChI=1S/C14H20O.C11H22.C7H14O/c1-9(15)4-13-5-11-2-10-3-12(8-13)14(13,6-10)7-11;1-3-4-8-11-9-6-5-7-10(11)2;1-3-4-5-6-7(2)8/h10-12H,2-8H2,1H3;10-11H,3-9H2,1-2H3;3-6H2,1-2H3. The molecule has 34 heavy (non-hydrogen) atoms. The topological polar surface area (TPSA) is 34.1 Å². The van der Waals surface area contributed by atoms with Gasteiger partial charge in [0.25, 0.3) is 0 Å². The lowest BCUT2D eigenvalue weighted by molar-refractivity contribution is -0.137. The molecule has 2 heteroatoms. The normalized spacial score (nSPS) is 38.7. The van der Waals surface area contributed by atoms with Crippen molar-refractivity contribution in [2.45, 2.75) is 150 Å². The number of Topliss-reactive ketones (excluding diaryl/α,β-unsaturated/α-hetero) is 2. The molecule has 196 valence electrons. The zero-order valence-corrected chi connectivity index (χ0v) is 23.4. The van der Waals surface area contributed by atoms with Crippen molar-refractivity contribution in [1.82, 2.24) is 0 Å². The molecule has 0 amide bonds. The summed E-state index contributed by atoms with van der Waals surface area (Å²) in [4.78, 5) is 21.8. The van der Waals surface area contributed by atoms with Crippen molar-refractivity contribution in [2.24, 2.45) is 40.4 Å². The first-order chi connectivity index (χ1) is 16.2. The zero-order valence-electron chi connectivity index (χ0n) is 23.4. The van der Waals surface area contributed by atoms with E-state index >= 15 is 0 Å². The Morgan fingerprint density at radius 3 is 2.15 bits per heavy atom. The number of rotatable bonds is 9. The summed E-state index contributed by atoms with van der Waals surface area (Å²) in [5.74, 6) is 5.92. The predicted molar refractivity (Wildman–Crippen MR) is 144 cm³/mol. The van der Waals surface area contributed by atoms with Gasteiger partial charge in [0.2, 0.25) is 0 Å². The average Bonchev–Trinajstić information content (AvgIpc) is 3.09. The van der Waals surface area contributed by atoms with E-state index in [2.05, 4.69) is 20.8 Å². The van der Waals surface area contributed by atoms with Crippen molar-refractivity contribution in [3.05, 3.63) is 0 Å². The monoisotopic (exact) mass is 472 g/mol. The van der Waals surface area contributed by atoms with Crippen LogP contribution in [0, 0.1) is 40.4 Å². The largest absolute Gasteiger partial charge is 0.300 e. The van der Waals surface area contributed by atoms with Gasteiger partial charge in [-0.25, -0.2) is 0 Å². The number of hydrogen-bond acceptors (Lipinski definition) is 2. The van der Waals surface area contributed by atoms with E-state index in [4.69, 9.17) is 0 Å². The van der Waals surface area contributed by atoms with E-state index in [0.717, 1.165) is 48.9 Å². The quantitative estimate of drug-likeness (QED) is 0.313. The van der Waals surface area contributed by atoms with Gasteiger partial charge in [-0.15, -0.1) is 0 Å². The van der Waals surface area contributed by atoms with Crippen LogP contribution in [0.3, 0.4) is 0 Å². The Bertz CT molecular complexity index is 662. The van der Waals surface area contributed by atoms with Crippen LogP contribution >= 0.6 is 0 Å². The maximum atomic E-state index is 11.5. The molecule has 5 fully saturated rings. The lowest BCUT2D eigenvalue weighted by Gasteiger charge is -2.59. The summed E-state index contributed by atoms with van der Waals surface area (Å²) in [6.07, 6.45) is 24.3. The Hall–Kier alpha value is -0.660. The summed E-state index contributed by atoms with van der Waals surface area (Å²) in [6, 6.07) is 0. The van der Waals surface area contributed by atoms with Crippen LogP contribution in [-0.2, 0) is 9.59 Å². The third kappa shape index (κ3) is 6.36. The fraction of sp³-hybridized carbons (Fsp3) is 0.938. The van der Waals surface area contributed by atoms with Gasteiger partial charge < -0.3 is 9.59 Å². The van der Waals surface area contributed by atoms with Gasteiger partial charge in [0, 0.05) is 12.8 Å². The molecule has 0 aromatic carbocycles. The molecule has 5 aliphatic carbocycles. The number of carbonyl (C=O) groups is 2. The van der Waals surface area contributed by atoms with Gasteiger partial charge in [0.1, 0.15) is 11.6 Å². The van der Waals surface area contributed by atoms with E-state index < -0.39 is 0 Å². The van der Waals surface area contributed by atoms with Crippen LogP contribution in [0.1, 0.15) is 150 Å². The molecule has 0 aliphatic heterocycles. The van der Waals surface area contributed by atoms with E-state index in [9.17, 15) is 9.59 Å².